The van der Waals surface area contributed by atoms with Crippen molar-refractivity contribution in [2.45, 2.75) is 45.4 Å². The maximum Gasteiger partial charge on any atom is 0.250 e. The van der Waals surface area contributed by atoms with Gasteiger partial charge in [0.05, 0.1) is 11.1 Å². The third-order valence-corrected chi connectivity index (χ3v) is 5.07. The summed E-state index contributed by atoms with van der Waals surface area (Å²) in [5, 5.41) is 2.95. The number of halogens is 1. The van der Waals surface area contributed by atoms with Crippen molar-refractivity contribution in [1.82, 2.24) is 4.98 Å². The summed E-state index contributed by atoms with van der Waals surface area (Å²) in [7, 11) is 0. The number of carbonyl (C=O) groups excluding carboxylic acids is 1. The summed E-state index contributed by atoms with van der Waals surface area (Å²) in [6.45, 7) is 1.71. The smallest absolute Gasteiger partial charge is 0.250 e. The molecule has 1 aromatic carbocycles. The number of pyridine rings is 1. The molecule has 0 unspecified atom stereocenters. The van der Waals surface area contributed by atoms with Crippen LogP contribution in [0.2, 0.25) is 0 Å². The molecule has 1 saturated carbocycles. The zero-order chi connectivity index (χ0) is 17.9. The normalized spacial score (nSPS) is 16.4. The fourth-order valence-electron chi connectivity index (χ4n) is 3.68. The van der Waals surface area contributed by atoms with E-state index in [0.29, 0.717) is 17.7 Å². The van der Waals surface area contributed by atoms with Gasteiger partial charge in [-0.25, -0.2) is 4.39 Å². The third kappa shape index (κ3) is 3.98. The van der Waals surface area contributed by atoms with Gasteiger partial charge >= 0.3 is 0 Å². The first-order valence-corrected chi connectivity index (χ1v) is 8.74. The Bertz CT molecular complexity index is 822. The van der Waals surface area contributed by atoms with Gasteiger partial charge in [-0.3, -0.25) is 9.59 Å². The van der Waals surface area contributed by atoms with Gasteiger partial charge in [0.15, 0.2) is 0 Å². The number of H-pyrrole nitrogens is 1. The number of aromatic amines is 1. The molecule has 1 aromatic heterocycles. The molecule has 1 amide bonds. The van der Waals surface area contributed by atoms with Crippen molar-refractivity contribution in [3.05, 3.63) is 63.8 Å². The lowest BCUT2D eigenvalue weighted by Crippen LogP contribution is -2.40. The lowest BCUT2D eigenvalue weighted by atomic mass is 9.69. The van der Waals surface area contributed by atoms with Crippen molar-refractivity contribution < 1.29 is 9.18 Å². The zero-order valence-electron chi connectivity index (χ0n) is 14.4. The highest BCUT2D eigenvalue weighted by atomic mass is 19.1. The molecule has 0 saturated heterocycles. The Kier molecular flexibility index (Phi) is 5.02. The average Bonchev–Trinajstić information content (AvgIpc) is 2.59. The monoisotopic (exact) mass is 342 g/mol. The second kappa shape index (κ2) is 7.21. The number of anilines is 1. The summed E-state index contributed by atoms with van der Waals surface area (Å²) < 4.78 is 13.5. The van der Waals surface area contributed by atoms with Gasteiger partial charge in [-0.2, -0.15) is 0 Å². The van der Waals surface area contributed by atoms with Crippen LogP contribution in [0, 0.1) is 18.2 Å². The largest absolute Gasteiger partial charge is 0.327 e. The molecule has 0 radical (unpaired) electrons. The van der Waals surface area contributed by atoms with E-state index in [1.165, 1.54) is 18.3 Å². The first kappa shape index (κ1) is 17.4. The van der Waals surface area contributed by atoms with Gasteiger partial charge in [0, 0.05) is 11.8 Å². The molecule has 0 bridgehead atoms. The molecule has 1 fully saturated rings. The fourth-order valence-corrected chi connectivity index (χ4v) is 3.68. The number of aryl methyl sites for hydroxylation is 1. The van der Waals surface area contributed by atoms with Crippen molar-refractivity contribution in [3.8, 4) is 0 Å². The maximum absolute atomic E-state index is 13.5. The number of amides is 1. The lowest BCUT2D eigenvalue weighted by Gasteiger charge is -2.36. The third-order valence-electron chi connectivity index (χ3n) is 5.07. The summed E-state index contributed by atoms with van der Waals surface area (Å²) >= 11 is 0. The molecular weight excluding hydrogens is 319 g/mol. The molecule has 1 aliphatic rings. The topological polar surface area (TPSA) is 62.0 Å². The van der Waals surface area contributed by atoms with E-state index in [1.54, 1.807) is 19.1 Å². The van der Waals surface area contributed by atoms with Gasteiger partial charge in [0.25, 0.3) is 5.56 Å². The van der Waals surface area contributed by atoms with Crippen molar-refractivity contribution in [3.63, 3.8) is 0 Å². The van der Waals surface area contributed by atoms with Crippen molar-refractivity contribution in [2.24, 2.45) is 5.41 Å². The summed E-state index contributed by atoms with van der Waals surface area (Å²) in [6.07, 6.45) is 6.73. The number of nitrogens with one attached hydrogen (secondary N) is 2. The predicted molar refractivity (Wildman–Crippen MR) is 96.1 cm³/mol. The van der Waals surface area contributed by atoms with Crippen LogP contribution in [0.15, 0.2) is 41.3 Å². The van der Waals surface area contributed by atoms with E-state index >= 15 is 0 Å². The second-order valence-corrected chi connectivity index (χ2v) is 7.00. The SMILES string of the molecule is Cc1cc(NC(=O)C2(Cc3cccc(F)c3)CCCCC2)c[nH]c1=O. The van der Waals surface area contributed by atoms with E-state index in [4.69, 9.17) is 0 Å². The standard InChI is InChI=1S/C20H23FN2O2/c1-14-10-17(13-22-18(14)24)23-19(25)20(8-3-2-4-9-20)12-15-6-5-7-16(21)11-15/h5-7,10-11,13H,2-4,8-9,12H2,1H3,(H,22,24)(H,23,25). The van der Waals surface area contributed by atoms with E-state index in [9.17, 15) is 14.0 Å². The quantitative estimate of drug-likeness (QED) is 0.883. The minimum absolute atomic E-state index is 0.0529. The van der Waals surface area contributed by atoms with Gasteiger partial charge in [0.1, 0.15) is 5.82 Å². The van der Waals surface area contributed by atoms with E-state index in [2.05, 4.69) is 10.3 Å². The molecular formula is C20H23FN2O2. The Hall–Kier alpha value is -2.43. The zero-order valence-corrected chi connectivity index (χ0v) is 14.4. The molecule has 2 N–H and O–H groups in total. The Morgan fingerprint density at radius 2 is 2.00 bits per heavy atom. The first-order chi connectivity index (χ1) is 12.0. The van der Waals surface area contributed by atoms with E-state index in [0.717, 1.165) is 37.7 Å². The molecule has 25 heavy (non-hydrogen) atoms. The van der Waals surface area contributed by atoms with Crippen LogP contribution in [-0.2, 0) is 11.2 Å². The predicted octanol–water partition coefficient (Wildman–Crippen LogP) is 3.95. The Morgan fingerprint density at radius 1 is 1.24 bits per heavy atom. The molecule has 4 nitrogen and oxygen atoms in total. The summed E-state index contributed by atoms with van der Waals surface area (Å²) in [4.78, 5) is 27.2. The molecule has 0 atom stereocenters. The summed E-state index contributed by atoms with van der Waals surface area (Å²) in [6, 6.07) is 8.16. The van der Waals surface area contributed by atoms with Crippen LogP contribution >= 0.6 is 0 Å². The van der Waals surface area contributed by atoms with Gasteiger partial charge in [-0.15, -0.1) is 0 Å². The van der Waals surface area contributed by atoms with Crippen LogP contribution in [0.4, 0.5) is 10.1 Å². The Balaban J connectivity index is 1.84. The molecule has 132 valence electrons. The highest BCUT2D eigenvalue weighted by molar-refractivity contribution is 5.95. The molecule has 1 heterocycles. The summed E-state index contributed by atoms with van der Waals surface area (Å²) in [5.74, 6) is -0.331. The number of benzene rings is 1. The minimum atomic E-state index is -0.532. The Labute approximate surface area is 146 Å². The summed E-state index contributed by atoms with van der Waals surface area (Å²) in [5.41, 5.74) is 1.29. The molecule has 3 rings (SSSR count). The van der Waals surface area contributed by atoms with Crippen LogP contribution in [-0.4, -0.2) is 10.9 Å². The first-order valence-electron chi connectivity index (χ1n) is 8.74. The van der Waals surface area contributed by atoms with Gasteiger partial charge in [-0.05, 0) is 49.9 Å². The Morgan fingerprint density at radius 3 is 2.68 bits per heavy atom. The number of hydrogen-bond acceptors (Lipinski definition) is 2. The minimum Gasteiger partial charge on any atom is -0.327 e. The molecule has 0 spiro atoms. The number of aromatic nitrogens is 1. The van der Waals surface area contributed by atoms with Crippen LogP contribution in [0.25, 0.3) is 0 Å². The van der Waals surface area contributed by atoms with Crippen molar-refractivity contribution in [2.75, 3.05) is 5.32 Å². The number of rotatable bonds is 4. The lowest BCUT2D eigenvalue weighted by molar-refractivity contribution is -0.127. The molecule has 2 aromatic rings. The highest BCUT2D eigenvalue weighted by Crippen LogP contribution is 2.40. The average molecular weight is 342 g/mol. The number of hydrogen-bond donors (Lipinski definition) is 2. The highest BCUT2D eigenvalue weighted by Gasteiger charge is 2.39. The van der Waals surface area contributed by atoms with Gasteiger partial charge in [0.2, 0.25) is 5.91 Å². The van der Waals surface area contributed by atoms with E-state index in [-0.39, 0.29) is 17.3 Å². The van der Waals surface area contributed by atoms with Crippen LogP contribution in [0.1, 0.15) is 43.2 Å². The molecule has 1 aliphatic carbocycles. The van der Waals surface area contributed by atoms with Gasteiger partial charge in [-0.1, -0.05) is 31.4 Å². The van der Waals surface area contributed by atoms with Crippen molar-refractivity contribution >= 4 is 11.6 Å². The second-order valence-electron chi connectivity index (χ2n) is 7.00. The number of carbonyl (C=O) groups is 1. The van der Waals surface area contributed by atoms with Crippen LogP contribution in [0.3, 0.4) is 0 Å². The van der Waals surface area contributed by atoms with E-state index < -0.39 is 5.41 Å². The molecule has 0 aliphatic heterocycles. The van der Waals surface area contributed by atoms with E-state index in [1.807, 2.05) is 6.07 Å². The van der Waals surface area contributed by atoms with Crippen molar-refractivity contribution in [1.29, 1.82) is 0 Å². The van der Waals surface area contributed by atoms with Crippen LogP contribution in [0.5, 0.6) is 0 Å². The molecule has 5 heteroatoms. The van der Waals surface area contributed by atoms with Crippen LogP contribution < -0.4 is 10.9 Å². The maximum atomic E-state index is 13.5. The fraction of sp³-hybridized carbons (Fsp3) is 0.400. The van der Waals surface area contributed by atoms with Gasteiger partial charge < -0.3 is 10.3 Å².